The maximum atomic E-state index is 11.0. The molecule has 2 unspecified atom stereocenters. The van der Waals surface area contributed by atoms with Crippen LogP contribution in [-0.4, -0.2) is 50.8 Å². The zero-order valence-corrected chi connectivity index (χ0v) is 9.12. The van der Waals surface area contributed by atoms with Crippen LogP contribution in [0.1, 0.15) is 20.3 Å². The number of hydrogen-bond acceptors (Lipinski definition) is 3. The fraction of sp³-hybridized carbons (Fsp3) is 0.900. The summed E-state index contributed by atoms with van der Waals surface area (Å²) in [5, 5.41) is 3.31. The van der Waals surface area contributed by atoms with Gasteiger partial charge in [0.05, 0.1) is 14.4 Å². The van der Waals surface area contributed by atoms with Gasteiger partial charge in [-0.1, -0.05) is 12.7 Å². The second kappa shape index (κ2) is 5.52. The molecule has 4 heteroatoms. The summed E-state index contributed by atoms with van der Waals surface area (Å²) in [6.07, 6.45) is 1.00. The van der Waals surface area contributed by atoms with Crippen molar-refractivity contribution in [2.75, 3.05) is 26.2 Å². The summed E-state index contributed by atoms with van der Waals surface area (Å²) in [5.41, 5.74) is 0. The molecule has 3 nitrogen and oxygen atoms in total. The topological polar surface area (TPSA) is 32.3 Å². The molecule has 0 aromatic carbocycles. The summed E-state index contributed by atoms with van der Waals surface area (Å²) < 4.78 is 0. The van der Waals surface area contributed by atoms with Gasteiger partial charge in [-0.05, 0) is 26.4 Å². The molecule has 2 atom stereocenters. The number of rotatable bonds is 5. The van der Waals surface area contributed by atoms with Gasteiger partial charge >= 0.3 is 0 Å². The number of nitrogens with zero attached hydrogens (tertiary/aromatic N) is 1. The summed E-state index contributed by atoms with van der Waals surface area (Å²) in [6, 6.07) is 0.439. The lowest BCUT2D eigenvalue weighted by molar-refractivity contribution is -0.118. The third-order valence-corrected chi connectivity index (χ3v) is 2.62. The molecule has 0 aromatic heterocycles. The Labute approximate surface area is 87.6 Å². The van der Waals surface area contributed by atoms with Gasteiger partial charge in [-0.25, -0.2) is 0 Å². The van der Waals surface area contributed by atoms with Crippen LogP contribution in [-0.2, 0) is 4.79 Å². The van der Waals surface area contributed by atoms with Crippen molar-refractivity contribution in [3.05, 3.63) is 0 Å². The van der Waals surface area contributed by atoms with Crippen molar-refractivity contribution in [3.63, 3.8) is 0 Å². The highest BCUT2D eigenvalue weighted by molar-refractivity contribution is 6.12. The first kappa shape index (κ1) is 11.7. The van der Waals surface area contributed by atoms with E-state index >= 15 is 0 Å². The molecular weight excluding hydrogens is 175 g/mol. The fourth-order valence-electron chi connectivity index (χ4n) is 2.03. The van der Waals surface area contributed by atoms with Crippen LogP contribution in [0.3, 0.4) is 0 Å². The third-order valence-electron chi connectivity index (χ3n) is 2.62. The predicted octanol–water partition coefficient (Wildman–Crippen LogP) is 0.216. The normalized spacial score (nSPS) is 28.1. The molecule has 14 heavy (non-hydrogen) atoms. The van der Waals surface area contributed by atoms with Crippen molar-refractivity contribution in [3.8, 4) is 0 Å². The Morgan fingerprint density at radius 2 is 2.36 bits per heavy atom. The van der Waals surface area contributed by atoms with Gasteiger partial charge in [-0.2, -0.15) is 0 Å². The summed E-state index contributed by atoms with van der Waals surface area (Å²) in [5.74, 6) is 0.457. The van der Waals surface area contributed by atoms with E-state index in [1.165, 1.54) is 0 Å². The summed E-state index contributed by atoms with van der Waals surface area (Å²) in [4.78, 5) is 13.2. The van der Waals surface area contributed by atoms with Crippen LogP contribution in [0, 0.1) is 0 Å². The molecular formula is C10H19BN2O. The Morgan fingerprint density at radius 3 is 2.93 bits per heavy atom. The Balaban J connectivity index is 2.40. The zero-order valence-electron chi connectivity index (χ0n) is 9.12. The van der Waals surface area contributed by atoms with Crippen molar-refractivity contribution in [1.29, 1.82) is 0 Å². The molecule has 2 radical (unpaired) electrons. The lowest BCUT2D eigenvalue weighted by Gasteiger charge is -2.23. The van der Waals surface area contributed by atoms with Crippen LogP contribution >= 0.6 is 0 Å². The molecule has 1 aliphatic heterocycles. The molecule has 0 aromatic rings. The highest BCUT2D eigenvalue weighted by Gasteiger charge is 2.28. The highest BCUT2D eigenvalue weighted by Crippen LogP contribution is 2.24. The average Bonchev–Trinajstić information content (AvgIpc) is 2.41. The Kier molecular flexibility index (Phi) is 4.62. The zero-order chi connectivity index (χ0) is 10.6. The number of hydrogen-bond donors (Lipinski definition) is 1. The summed E-state index contributed by atoms with van der Waals surface area (Å²) in [6.45, 7) is 7.04. The molecule has 1 saturated heterocycles. The van der Waals surface area contributed by atoms with Gasteiger partial charge in [0, 0.05) is 12.6 Å². The van der Waals surface area contributed by atoms with E-state index in [9.17, 15) is 4.79 Å². The van der Waals surface area contributed by atoms with Crippen LogP contribution in [0.15, 0.2) is 0 Å². The predicted molar refractivity (Wildman–Crippen MR) is 58.7 cm³/mol. The van der Waals surface area contributed by atoms with E-state index < -0.39 is 0 Å². The van der Waals surface area contributed by atoms with Gasteiger partial charge in [0.25, 0.3) is 0 Å². The van der Waals surface area contributed by atoms with Gasteiger partial charge in [0.2, 0.25) is 0 Å². The highest BCUT2D eigenvalue weighted by atomic mass is 16.1. The molecule has 1 rings (SSSR count). The minimum Gasteiger partial charge on any atom is -0.315 e. The maximum Gasteiger partial charge on any atom is 0.143 e. The van der Waals surface area contributed by atoms with Crippen molar-refractivity contribution >= 4 is 13.6 Å². The summed E-state index contributed by atoms with van der Waals surface area (Å²) in [7, 11) is 5.88. The lowest BCUT2D eigenvalue weighted by Crippen LogP contribution is -2.40. The van der Waals surface area contributed by atoms with Gasteiger partial charge in [-0.3, -0.25) is 9.69 Å². The molecule has 0 spiro atoms. The summed E-state index contributed by atoms with van der Waals surface area (Å²) >= 11 is 0. The monoisotopic (exact) mass is 194 g/mol. The standard InChI is InChI=1S/C10H19BN2O/c1-3-12-5-10-4-9(11)7-13(10)6-8(2)14/h9-10,12H,3-7H2,1-2H3. The van der Waals surface area contributed by atoms with Gasteiger partial charge in [0.1, 0.15) is 5.78 Å². The van der Waals surface area contributed by atoms with E-state index in [0.717, 1.165) is 26.1 Å². The molecule has 78 valence electrons. The molecule has 0 aliphatic carbocycles. The minimum absolute atomic E-state index is 0.223. The second-order valence-corrected chi connectivity index (χ2v) is 4.09. The minimum atomic E-state index is 0.223. The van der Waals surface area contributed by atoms with E-state index in [-0.39, 0.29) is 11.6 Å². The smallest absolute Gasteiger partial charge is 0.143 e. The first-order chi connectivity index (χ1) is 6.63. The number of carbonyl (C=O) groups excluding carboxylic acids is 1. The van der Waals surface area contributed by atoms with Crippen molar-refractivity contribution in [1.82, 2.24) is 10.2 Å². The van der Waals surface area contributed by atoms with E-state index in [1.54, 1.807) is 6.92 Å². The average molecular weight is 194 g/mol. The maximum absolute atomic E-state index is 11.0. The van der Waals surface area contributed by atoms with Crippen LogP contribution < -0.4 is 5.32 Å². The number of ketones is 1. The largest absolute Gasteiger partial charge is 0.315 e. The Hall–Kier alpha value is -0.345. The van der Waals surface area contributed by atoms with Crippen molar-refractivity contribution < 1.29 is 4.79 Å². The number of Topliss-reactive ketones (excluding diaryl/α,β-unsaturated/α-hetero) is 1. The van der Waals surface area contributed by atoms with Crippen LogP contribution in [0.25, 0.3) is 0 Å². The first-order valence-corrected chi connectivity index (χ1v) is 5.33. The number of likely N-dealkylation sites (N-methyl/N-ethyl adjacent to an activating group) is 1. The quantitative estimate of drug-likeness (QED) is 0.635. The third kappa shape index (κ3) is 3.43. The second-order valence-electron chi connectivity index (χ2n) is 4.09. The Morgan fingerprint density at radius 1 is 1.64 bits per heavy atom. The van der Waals surface area contributed by atoms with Crippen LogP contribution in [0.5, 0.6) is 0 Å². The number of nitrogens with one attached hydrogen (secondary N) is 1. The van der Waals surface area contributed by atoms with E-state index in [2.05, 4.69) is 17.1 Å². The van der Waals surface area contributed by atoms with E-state index in [1.807, 2.05) is 0 Å². The van der Waals surface area contributed by atoms with E-state index in [4.69, 9.17) is 7.85 Å². The van der Waals surface area contributed by atoms with Gasteiger partial charge in [0.15, 0.2) is 0 Å². The molecule has 0 amide bonds. The van der Waals surface area contributed by atoms with Gasteiger partial charge in [-0.15, -0.1) is 0 Å². The molecule has 1 heterocycles. The number of likely N-dealkylation sites (tertiary alicyclic amines) is 1. The van der Waals surface area contributed by atoms with E-state index in [0.29, 0.717) is 12.6 Å². The SMILES string of the molecule is [B]C1CC(CNCC)N(CC(C)=O)C1. The molecule has 1 N–H and O–H groups in total. The van der Waals surface area contributed by atoms with Crippen molar-refractivity contribution in [2.45, 2.75) is 32.1 Å². The number of carbonyl (C=O) groups is 1. The molecule has 0 saturated carbocycles. The van der Waals surface area contributed by atoms with Crippen LogP contribution in [0.4, 0.5) is 0 Å². The molecule has 1 fully saturated rings. The molecule has 1 aliphatic rings. The lowest BCUT2D eigenvalue weighted by atomic mass is 9.85. The fourth-order valence-corrected chi connectivity index (χ4v) is 2.03. The molecule has 0 bridgehead atoms. The first-order valence-electron chi connectivity index (χ1n) is 5.33. The van der Waals surface area contributed by atoms with Crippen molar-refractivity contribution in [2.24, 2.45) is 0 Å². The Bertz CT molecular complexity index is 199. The van der Waals surface area contributed by atoms with Crippen LogP contribution in [0.2, 0.25) is 5.82 Å². The van der Waals surface area contributed by atoms with Gasteiger partial charge < -0.3 is 5.32 Å².